The molecule has 0 spiro atoms. The normalized spacial score (nSPS) is 12.0. The summed E-state index contributed by atoms with van der Waals surface area (Å²) in [6.07, 6.45) is -0.220. The van der Waals surface area contributed by atoms with Crippen molar-refractivity contribution in [1.82, 2.24) is 0 Å². The molecule has 0 aromatic heterocycles. The van der Waals surface area contributed by atoms with Crippen LogP contribution >= 0.6 is 11.6 Å². The maximum absolute atomic E-state index is 10.4. The molecule has 0 fully saturated rings. The third-order valence-electron chi connectivity index (χ3n) is 3.11. The van der Waals surface area contributed by atoms with E-state index in [4.69, 9.17) is 21.1 Å². The Balaban J connectivity index is 2.27. The van der Waals surface area contributed by atoms with E-state index in [1.54, 1.807) is 20.3 Å². The topological polar surface area (TPSA) is 38.7 Å². The van der Waals surface area contributed by atoms with Crippen LogP contribution in [0.15, 0.2) is 42.5 Å². The molecule has 0 bridgehead atoms. The van der Waals surface area contributed by atoms with Gasteiger partial charge in [-0.1, -0.05) is 35.9 Å². The van der Waals surface area contributed by atoms with Gasteiger partial charge >= 0.3 is 0 Å². The van der Waals surface area contributed by atoms with Crippen molar-refractivity contribution in [2.24, 2.45) is 0 Å². The van der Waals surface area contributed by atoms with E-state index in [0.717, 1.165) is 5.56 Å². The van der Waals surface area contributed by atoms with Gasteiger partial charge in [0, 0.05) is 17.0 Å². The van der Waals surface area contributed by atoms with Gasteiger partial charge in [0.15, 0.2) is 11.5 Å². The predicted molar refractivity (Wildman–Crippen MR) is 79.7 cm³/mol. The number of benzene rings is 2. The lowest BCUT2D eigenvalue weighted by Crippen LogP contribution is -2.05. The van der Waals surface area contributed by atoms with Gasteiger partial charge in [-0.3, -0.25) is 0 Å². The molecule has 20 heavy (non-hydrogen) atoms. The maximum Gasteiger partial charge on any atom is 0.166 e. The zero-order chi connectivity index (χ0) is 14.5. The van der Waals surface area contributed by atoms with Gasteiger partial charge in [-0.05, 0) is 23.8 Å². The van der Waals surface area contributed by atoms with Crippen LogP contribution < -0.4 is 9.47 Å². The van der Waals surface area contributed by atoms with Crippen LogP contribution in [0.1, 0.15) is 17.2 Å². The van der Waals surface area contributed by atoms with E-state index in [-0.39, 0.29) is 0 Å². The highest BCUT2D eigenvalue weighted by atomic mass is 35.5. The second kappa shape index (κ2) is 6.64. The summed E-state index contributed by atoms with van der Waals surface area (Å²) in [5.74, 6) is 1.17. The number of hydrogen-bond acceptors (Lipinski definition) is 3. The fraction of sp³-hybridized carbons (Fsp3) is 0.250. The Bertz CT molecular complexity index is 584. The Labute approximate surface area is 123 Å². The van der Waals surface area contributed by atoms with E-state index >= 15 is 0 Å². The zero-order valence-corrected chi connectivity index (χ0v) is 12.2. The summed E-state index contributed by atoms with van der Waals surface area (Å²) in [7, 11) is 3.14. The van der Waals surface area contributed by atoms with E-state index in [0.29, 0.717) is 28.5 Å². The summed E-state index contributed by atoms with van der Waals surface area (Å²) in [6, 6.07) is 12.9. The SMILES string of the molecule is COc1cccc(C(O)Cc2cccc(Cl)c2)c1OC. The molecule has 2 rings (SSSR count). The van der Waals surface area contributed by atoms with Gasteiger partial charge in [0.1, 0.15) is 0 Å². The average Bonchev–Trinajstić information content (AvgIpc) is 2.46. The molecule has 0 aliphatic carbocycles. The Morgan fingerprint density at radius 2 is 1.85 bits per heavy atom. The molecule has 1 atom stereocenters. The molecule has 2 aromatic rings. The minimum atomic E-state index is -0.682. The van der Waals surface area contributed by atoms with Crippen LogP contribution in [0.4, 0.5) is 0 Å². The van der Waals surface area contributed by atoms with E-state index in [1.165, 1.54) is 0 Å². The number of methoxy groups -OCH3 is 2. The van der Waals surface area contributed by atoms with Crippen LogP contribution in [-0.2, 0) is 6.42 Å². The number of aliphatic hydroxyl groups excluding tert-OH is 1. The van der Waals surface area contributed by atoms with Crippen molar-refractivity contribution in [3.05, 3.63) is 58.6 Å². The van der Waals surface area contributed by atoms with E-state index < -0.39 is 6.10 Å². The van der Waals surface area contributed by atoms with Crippen molar-refractivity contribution in [3.8, 4) is 11.5 Å². The molecule has 1 N–H and O–H groups in total. The number of aliphatic hydroxyl groups is 1. The molecule has 3 nitrogen and oxygen atoms in total. The van der Waals surface area contributed by atoms with Gasteiger partial charge in [-0.2, -0.15) is 0 Å². The summed E-state index contributed by atoms with van der Waals surface area (Å²) < 4.78 is 10.6. The Kier molecular flexibility index (Phi) is 4.88. The van der Waals surface area contributed by atoms with Crippen molar-refractivity contribution >= 4 is 11.6 Å². The van der Waals surface area contributed by atoms with Crippen LogP contribution in [0.25, 0.3) is 0 Å². The van der Waals surface area contributed by atoms with Crippen molar-refractivity contribution in [2.45, 2.75) is 12.5 Å². The quantitative estimate of drug-likeness (QED) is 0.914. The highest BCUT2D eigenvalue weighted by molar-refractivity contribution is 6.30. The van der Waals surface area contributed by atoms with Crippen molar-refractivity contribution in [1.29, 1.82) is 0 Å². The van der Waals surface area contributed by atoms with E-state index in [9.17, 15) is 5.11 Å². The van der Waals surface area contributed by atoms with Gasteiger partial charge in [-0.15, -0.1) is 0 Å². The van der Waals surface area contributed by atoms with Crippen LogP contribution in [0, 0.1) is 0 Å². The fourth-order valence-electron chi connectivity index (χ4n) is 2.17. The van der Waals surface area contributed by atoms with Crippen LogP contribution in [0.2, 0.25) is 5.02 Å². The molecule has 0 saturated heterocycles. The lowest BCUT2D eigenvalue weighted by atomic mass is 10.0. The largest absolute Gasteiger partial charge is 0.493 e. The first-order valence-corrected chi connectivity index (χ1v) is 6.67. The number of hydrogen-bond donors (Lipinski definition) is 1. The summed E-state index contributed by atoms with van der Waals surface area (Å²) in [4.78, 5) is 0. The van der Waals surface area contributed by atoms with Crippen molar-refractivity contribution < 1.29 is 14.6 Å². The highest BCUT2D eigenvalue weighted by Crippen LogP contribution is 2.35. The summed E-state index contributed by atoms with van der Waals surface area (Å²) in [5.41, 5.74) is 1.67. The number of rotatable bonds is 5. The molecular weight excluding hydrogens is 276 g/mol. The number of ether oxygens (including phenoxy) is 2. The summed E-state index contributed by atoms with van der Waals surface area (Å²) in [5, 5.41) is 11.1. The molecule has 0 aliphatic rings. The fourth-order valence-corrected chi connectivity index (χ4v) is 2.38. The smallest absolute Gasteiger partial charge is 0.166 e. The number of halogens is 1. The highest BCUT2D eigenvalue weighted by Gasteiger charge is 2.17. The molecule has 0 aliphatic heterocycles. The van der Waals surface area contributed by atoms with Crippen LogP contribution in [-0.4, -0.2) is 19.3 Å². The van der Waals surface area contributed by atoms with Gasteiger partial charge in [0.2, 0.25) is 0 Å². The van der Waals surface area contributed by atoms with Crippen LogP contribution in [0.5, 0.6) is 11.5 Å². The van der Waals surface area contributed by atoms with Gasteiger partial charge in [-0.25, -0.2) is 0 Å². The van der Waals surface area contributed by atoms with Crippen LogP contribution in [0.3, 0.4) is 0 Å². The molecule has 2 aromatic carbocycles. The molecule has 106 valence electrons. The Morgan fingerprint density at radius 3 is 2.50 bits per heavy atom. The average molecular weight is 293 g/mol. The first-order valence-electron chi connectivity index (χ1n) is 6.29. The second-order valence-corrected chi connectivity index (χ2v) is 4.87. The van der Waals surface area contributed by atoms with Gasteiger partial charge < -0.3 is 14.6 Å². The molecule has 0 saturated carbocycles. The molecule has 4 heteroatoms. The third kappa shape index (κ3) is 3.24. The first-order chi connectivity index (χ1) is 9.65. The molecule has 0 heterocycles. The summed E-state index contributed by atoms with van der Waals surface area (Å²) >= 11 is 5.95. The van der Waals surface area contributed by atoms with Crippen molar-refractivity contribution in [3.63, 3.8) is 0 Å². The lowest BCUT2D eigenvalue weighted by molar-refractivity contribution is 0.173. The second-order valence-electron chi connectivity index (χ2n) is 4.43. The lowest BCUT2D eigenvalue weighted by Gasteiger charge is -2.17. The molecule has 0 amide bonds. The van der Waals surface area contributed by atoms with Gasteiger partial charge in [0.25, 0.3) is 0 Å². The Hall–Kier alpha value is -1.71. The first kappa shape index (κ1) is 14.7. The number of para-hydroxylation sites is 1. The predicted octanol–water partition coefficient (Wildman–Crippen LogP) is 3.63. The monoisotopic (exact) mass is 292 g/mol. The van der Waals surface area contributed by atoms with E-state index in [2.05, 4.69) is 0 Å². The van der Waals surface area contributed by atoms with Crippen molar-refractivity contribution in [2.75, 3.05) is 14.2 Å². The standard InChI is InChI=1S/C16H17ClO3/c1-19-15-8-4-7-13(16(15)20-2)14(18)10-11-5-3-6-12(17)9-11/h3-9,14,18H,10H2,1-2H3. The minimum Gasteiger partial charge on any atom is -0.493 e. The third-order valence-corrected chi connectivity index (χ3v) is 3.35. The molecule has 1 unspecified atom stereocenters. The maximum atomic E-state index is 10.4. The zero-order valence-electron chi connectivity index (χ0n) is 11.5. The van der Waals surface area contributed by atoms with E-state index in [1.807, 2.05) is 36.4 Å². The molecule has 0 radical (unpaired) electrons. The summed E-state index contributed by atoms with van der Waals surface area (Å²) in [6.45, 7) is 0. The Morgan fingerprint density at radius 1 is 1.10 bits per heavy atom. The molecular formula is C16H17ClO3. The minimum absolute atomic E-state index is 0.462. The van der Waals surface area contributed by atoms with Gasteiger partial charge in [0.05, 0.1) is 20.3 Å².